The fourth-order valence-electron chi connectivity index (χ4n) is 2.19. The molecule has 0 bridgehead atoms. The summed E-state index contributed by atoms with van der Waals surface area (Å²) in [6.07, 6.45) is 0.185. The van der Waals surface area contributed by atoms with E-state index in [0.29, 0.717) is 25.3 Å². The van der Waals surface area contributed by atoms with Crippen LogP contribution in [0.1, 0.15) is 18.1 Å². The second-order valence-corrected chi connectivity index (χ2v) is 5.72. The van der Waals surface area contributed by atoms with Gasteiger partial charge in [-0.1, -0.05) is 55.5 Å². The molecule has 0 spiro atoms. The maximum absolute atomic E-state index is 11.9. The number of benzene rings is 2. The molecule has 0 fully saturated rings. The van der Waals surface area contributed by atoms with Gasteiger partial charge in [0, 0.05) is 12.1 Å². The van der Waals surface area contributed by atoms with Crippen molar-refractivity contribution in [2.45, 2.75) is 20.0 Å². The summed E-state index contributed by atoms with van der Waals surface area (Å²) in [4.78, 5) is 11.9. The Kier molecular flexibility index (Phi) is 6.63. The van der Waals surface area contributed by atoms with E-state index < -0.39 is 0 Å². The predicted octanol–water partition coefficient (Wildman–Crippen LogP) is 2.90. The molecule has 1 amide bonds. The maximum Gasteiger partial charge on any atom is 0.224 e. The van der Waals surface area contributed by atoms with E-state index in [-0.39, 0.29) is 24.0 Å². The quantitative estimate of drug-likeness (QED) is 0.788. The zero-order valence-electron chi connectivity index (χ0n) is 13.4. The van der Waals surface area contributed by atoms with Crippen molar-refractivity contribution in [3.8, 4) is 5.75 Å². The molecule has 0 aromatic heterocycles. The van der Waals surface area contributed by atoms with Crippen LogP contribution in [0.25, 0.3) is 0 Å². The van der Waals surface area contributed by atoms with Gasteiger partial charge >= 0.3 is 0 Å². The van der Waals surface area contributed by atoms with Gasteiger partial charge in [-0.2, -0.15) is 0 Å². The van der Waals surface area contributed by atoms with E-state index >= 15 is 0 Å². The maximum atomic E-state index is 11.9. The SMILES string of the molecule is C[C@H](CNC(=O)Cc1ccccc1O)COCc1ccccc1. The molecular formula is C19H23NO3. The Morgan fingerprint density at radius 1 is 1.13 bits per heavy atom. The smallest absolute Gasteiger partial charge is 0.224 e. The van der Waals surface area contributed by atoms with Crippen molar-refractivity contribution in [2.75, 3.05) is 13.2 Å². The predicted molar refractivity (Wildman–Crippen MR) is 90.1 cm³/mol. The number of amides is 1. The van der Waals surface area contributed by atoms with Crippen molar-refractivity contribution in [3.05, 3.63) is 65.7 Å². The number of aromatic hydroxyl groups is 1. The summed E-state index contributed by atoms with van der Waals surface area (Å²) in [5.41, 5.74) is 1.78. The fraction of sp³-hybridized carbons (Fsp3) is 0.316. The van der Waals surface area contributed by atoms with Crippen LogP contribution in [0.15, 0.2) is 54.6 Å². The van der Waals surface area contributed by atoms with Crippen LogP contribution >= 0.6 is 0 Å². The lowest BCUT2D eigenvalue weighted by Crippen LogP contribution is -2.31. The molecule has 0 unspecified atom stereocenters. The van der Waals surface area contributed by atoms with Crippen molar-refractivity contribution in [1.29, 1.82) is 0 Å². The number of carbonyl (C=O) groups is 1. The zero-order valence-corrected chi connectivity index (χ0v) is 13.4. The summed E-state index contributed by atoms with van der Waals surface area (Å²) in [5, 5.41) is 12.5. The highest BCUT2D eigenvalue weighted by molar-refractivity contribution is 5.79. The van der Waals surface area contributed by atoms with Crippen LogP contribution in [0.3, 0.4) is 0 Å². The lowest BCUT2D eigenvalue weighted by Gasteiger charge is -2.13. The highest BCUT2D eigenvalue weighted by Gasteiger charge is 2.09. The molecule has 2 aromatic rings. The topological polar surface area (TPSA) is 58.6 Å². The van der Waals surface area contributed by atoms with Crippen molar-refractivity contribution in [2.24, 2.45) is 5.92 Å². The number of phenols is 1. The minimum absolute atomic E-state index is 0.0959. The van der Waals surface area contributed by atoms with Crippen LogP contribution in [0.2, 0.25) is 0 Å². The lowest BCUT2D eigenvalue weighted by atomic mass is 10.1. The lowest BCUT2D eigenvalue weighted by molar-refractivity contribution is -0.120. The number of phenolic OH excluding ortho intramolecular Hbond substituents is 1. The van der Waals surface area contributed by atoms with E-state index in [1.807, 2.05) is 43.3 Å². The number of rotatable bonds is 8. The molecule has 0 aliphatic heterocycles. The summed E-state index contributed by atoms with van der Waals surface area (Å²) < 4.78 is 5.66. The minimum atomic E-state index is -0.0959. The minimum Gasteiger partial charge on any atom is -0.508 e. The molecular weight excluding hydrogens is 290 g/mol. The molecule has 2 rings (SSSR count). The monoisotopic (exact) mass is 313 g/mol. The van der Waals surface area contributed by atoms with Gasteiger partial charge < -0.3 is 15.2 Å². The van der Waals surface area contributed by atoms with Gasteiger partial charge in [0.1, 0.15) is 5.75 Å². The number of para-hydroxylation sites is 1. The first-order valence-corrected chi connectivity index (χ1v) is 7.80. The van der Waals surface area contributed by atoms with Gasteiger partial charge in [0.2, 0.25) is 5.91 Å². The highest BCUT2D eigenvalue weighted by Crippen LogP contribution is 2.15. The van der Waals surface area contributed by atoms with Gasteiger partial charge in [-0.3, -0.25) is 4.79 Å². The average molecular weight is 313 g/mol. The second kappa shape index (κ2) is 8.96. The number of carbonyl (C=O) groups excluding carboxylic acids is 1. The molecule has 4 heteroatoms. The third-order valence-electron chi connectivity index (χ3n) is 3.50. The first-order valence-electron chi connectivity index (χ1n) is 7.80. The van der Waals surface area contributed by atoms with E-state index in [1.165, 1.54) is 0 Å². The first-order chi connectivity index (χ1) is 11.1. The summed E-state index contributed by atoms with van der Waals surface area (Å²) in [7, 11) is 0. The summed E-state index contributed by atoms with van der Waals surface area (Å²) in [5.74, 6) is 0.287. The molecule has 2 aromatic carbocycles. The van der Waals surface area contributed by atoms with Crippen LogP contribution in [-0.2, 0) is 22.6 Å². The largest absolute Gasteiger partial charge is 0.508 e. The molecule has 0 saturated carbocycles. The van der Waals surface area contributed by atoms with Crippen molar-refractivity contribution < 1.29 is 14.6 Å². The van der Waals surface area contributed by atoms with Gasteiger partial charge in [0.15, 0.2) is 0 Å². The second-order valence-electron chi connectivity index (χ2n) is 5.72. The third-order valence-corrected chi connectivity index (χ3v) is 3.50. The fourth-order valence-corrected chi connectivity index (χ4v) is 2.19. The van der Waals surface area contributed by atoms with Gasteiger partial charge in [-0.25, -0.2) is 0 Å². The summed E-state index contributed by atoms with van der Waals surface area (Å²) in [6.45, 7) is 3.76. The number of nitrogens with one attached hydrogen (secondary N) is 1. The Hall–Kier alpha value is -2.33. The summed E-state index contributed by atoms with van der Waals surface area (Å²) >= 11 is 0. The van der Waals surface area contributed by atoms with Crippen molar-refractivity contribution in [3.63, 3.8) is 0 Å². The van der Waals surface area contributed by atoms with E-state index in [1.54, 1.807) is 18.2 Å². The van der Waals surface area contributed by atoms with E-state index in [4.69, 9.17) is 4.74 Å². The number of ether oxygens (including phenoxy) is 1. The third kappa shape index (κ3) is 6.12. The molecule has 0 radical (unpaired) electrons. The molecule has 122 valence electrons. The normalized spacial score (nSPS) is 11.9. The molecule has 2 N–H and O–H groups in total. The van der Waals surface area contributed by atoms with Crippen molar-refractivity contribution in [1.82, 2.24) is 5.32 Å². The Balaban J connectivity index is 1.65. The standard InChI is InChI=1S/C19H23NO3/c1-15(13-23-14-16-7-3-2-4-8-16)12-20-19(22)11-17-9-5-6-10-18(17)21/h2-10,15,21H,11-14H2,1H3,(H,20,22)/t15-/m1/s1. The van der Waals surface area contributed by atoms with Gasteiger partial charge in [0.05, 0.1) is 19.6 Å². The Morgan fingerprint density at radius 3 is 2.57 bits per heavy atom. The van der Waals surface area contributed by atoms with Gasteiger partial charge in [-0.15, -0.1) is 0 Å². The summed E-state index contributed by atoms with van der Waals surface area (Å²) in [6, 6.07) is 16.9. The van der Waals surface area contributed by atoms with E-state index in [0.717, 1.165) is 5.56 Å². The number of hydrogen-bond acceptors (Lipinski definition) is 3. The van der Waals surface area contributed by atoms with Crippen molar-refractivity contribution >= 4 is 5.91 Å². The van der Waals surface area contributed by atoms with Gasteiger partial charge in [0.25, 0.3) is 0 Å². The number of hydrogen-bond donors (Lipinski definition) is 2. The molecule has 1 atom stereocenters. The first kappa shape index (κ1) is 17.0. The highest BCUT2D eigenvalue weighted by atomic mass is 16.5. The van der Waals surface area contributed by atoms with E-state index in [9.17, 15) is 9.90 Å². The average Bonchev–Trinajstić information content (AvgIpc) is 2.56. The Labute approximate surface area is 137 Å². The van der Waals surface area contributed by atoms with Crippen LogP contribution in [0.5, 0.6) is 5.75 Å². The van der Waals surface area contributed by atoms with Crippen LogP contribution in [-0.4, -0.2) is 24.2 Å². The molecule has 4 nitrogen and oxygen atoms in total. The zero-order chi connectivity index (χ0) is 16.5. The Morgan fingerprint density at radius 2 is 1.83 bits per heavy atom. The van der Waals surface area contributed by atoms with Gasteiger partial charge in [-0.05, 0) is 17.5 Å². The molecule has 23 heavy (non-hydrogen) atoms. The molecule has 0 aliphatic carbocycles. The van der Waals surface area contributed by atoms with Crippen LogP contribution < -0.4 is 5.32 Å². The Bertz CT molecular complexity index is 613. The van der Waals surface area contributed by atoms with Crippen LogP contribution in [0.4, 0.5) is 0 Å². The molecule has 0 aliphatic rings. The molecule has 0 heterocycles. The van der Waals surface area contributed by atoms with E-state index in [2.05, 4.69) is 5.32 Å². The molecule has 0 saturated heterocycles. The van der Waals surface area contributed by atoms with Crippen LogP contribution in [0, 0.1) is 5.92 Å².